The van der Waals surface area contributed by atoms with Crippen molar-refractivity contribution in [2.24, 2.45) is 5.92 Å². The summed E-state index contributed by atoms with van der Waals surface area (Å²) in [6.07, 6.45) is 5.31. The van der Waals surface area contributed by atoms with Crippen LogP contribution in [0.4, 0.5) is 0 Å². The Balaban J connectivity index is 0.000000774. The van der Waals surface area contributed by atoms with Gasteiger partial charge in [-0.25, -0.2) is 0 Å². The zero-order valence-electron chi connectivity index (χ0n) is 13.8. The van der Waals surface area contributed by atoms with Gasteiger partial charge in [-0.05, 0) is 37.8 Å². The monoisotopic (exact) mass is 284 g/mol. The summed E-state index contributed by atoms with van der Waals surface area (Å²) in [6.45, 7) is 8.49. The first kappa shape index (κ1) is 15.8. The molecule has 1 aromatic heterocycles. The molecule has 0 saturated heterocycles. The molecule has 1 aromatic carbocycles. The van der Waals surface area contributed by atoms with Crippen molar-refractivity contribution >= 4 is 0 Å². The standard InChI is InChI=1S/C17H22N2.C2H6/c1-12-6-8-14(9-7-12)16-11-17(19-18-16)15-5-3-4-13(2)10-15;1-2/h3-5,10-12,14H,6-9H2,1-2H3,(H,18,19);1-2H3. The lowest BCUT2D eigenvalue weighted by Gasteiger charge is -2.24. The van der Waals surface area contributed by atoms with Crippen LogP contribution < -0.4 is 0 Å². The van der Waals surface area contributed by atoms with Gasteiger partial charge in [0.2, 0.25) is 0 Å². The molecule has 3 rings (SSSR count). The third kappa shape index (κ3) is 3.96. The van der Waals surface area contributed by atoms with Crippen molar-refractivity contribution in [1.82, 2.24) is 10.2 Å². The number of hydrogen-bond acceptors (Lipinski definition) is 1. The van der Waals surface area contributed by atoms with Gasteiger partial charge in [-0.3, -0.25) is 5.10 Å². The highest BCUT2D eigenvalue weighted by Gasteiger charge is 2.21. The summed E-state index contributed by atoms with van der Waals surface area (Å²) >= 11 is 0. The Morgan fingerprint density at radius 2 is 1.76 bits per heavy atom. The van der Waals surface area contributed by atoms with E-state index in [4.69, 9.17) is 0 Å². The first-order chi connectivity index (χ1) is 10.2. The van der Waals surface area contributed by atoms with Gasteiger partial charge in [-0.15, -0.1) is 0 Å². The van der Waals surface area contributed by atoms with Gasteiger partial charge in [0, 0.05) is 17.2 Å². The Bertz CT molecular complexity index is 548. The van der Waals surface area contributed by atoms with E-state index in [2.05, 4.69) is 54.4 Å². The van der Waals surface area contributed by atoms with Gasteiger partial charge in [0.1, 0.15) is 0 Å². The lowest BCUT2D eigenvalue weighted by molar-refractivity contribution is 0.344. The van der Waals surface area contributed by atoms with Gasteiger partial charge in [-0.1, -0.05) is 57.4 Å². The van der Waals surface area contributed by atoms with Crippen molar-refractivity contribution in [3.63, 3.8) is 0 Å². The number of aryl methyl sites for hydroxylation is 1. The molecular formula is C19H28N2. The maximum atomic E-state index is 4.50. The van der Waals surface area contributed by atoms with Crippen molar-refractivity contribution < 1.29 is 0 Å². The lowest BCUT2D eigenvalue weighted by atomic mass is 9.81. The van der Waals surface area contributed by atoms with Crippen LogP contribution >= 0.6 is 0 Å². The Kier molecular flexibility index (Phi) is 5.60. The van der Waals surface area contributed by atoms with Crippen molar-refractivity contribution in [1.29, 1.82) is 0 Å². The molecule has 0 aliphatic heterocycles. The van der Waals surface area contributed by atoms with Gasteiger partial charge in [0.15, 0.2) is 0 Å². The van der Waals surface area contributed by atoms with Crippen LogP contribution in [0.3, 0.4) is 0 Å². The molecule has 1 fully saturated rings. The molecule has 1 N–H and O–H groups in total. The van der Waals surface area contributed by atoms with E-state index in [0.29, 0.717) is 5.92 Å². The molecule has 2 heteroatoms. The third-order valence-electron chi connectivity index (χ3n) is 4.37. The summed E-state index contributed by atoms with van der Waals surface area (Å²) in [4.78, 5) is 0. The van der Waals surface area contributed by atoms with Crippen LogP contribution in [-0.4, -0.2) is 10.2 Å². The zero-order valence-corrected chi connectivity index (χ0v) is 13.8. The molecule has 21 heavy (non-hydrogen) atoms. The van der Waals surface area contributed by atoms with Crippen LogP contribution in [0.15, 0.2) is 30.3 Å². The van der Waals surface area contributed by atoms with E-state index in [1.165, 1.54) is 42.5 Å². The van der Waals surface area contributed by atoms with Crippen LogP contribution in [0, 0.1) is 12.8 Å². The molecule has 0 radical (unpaired) electrons. The van der Waals surface area contributed by atoms with Crippen LogP contribution in [-0.2, 0) is 0 Å². The second kappa shape index (κ2) is 7.44. The SMILES string of the molecule is CC.Cc1cccc(-c2cc(C3CCC(C)CC3)[nH]n2)c1. The number of benzene rings is 1. The molecule has 114 valence electrons. The largest absolute Gasteiger partial charge is 0.282 e. The second-order valence-electron chi connectivity index (χ2n) is 6.03. The quantitative estimate of drug-likeness (QED) is 0.752. The molecule has 1 aliphatic rings. The molecule has 0 amide bonds. The van der Waals surface area contributed by atoms with Crippen LogP contribution in [0.5, 0.6) is 0 Å². The number of rotatable bonds is 2. The maximum absolute atomic E-state index is 4.50. The van der Waals surface area contributed by atoms with E-state index in [9.17, 15) is 0 Å². The average Bonchev–Trinajstić information content (AvgIpc) is 3.00. The highest BCUT2D eigenvalue weighted by atomic mass is 15.1. The second-order valence-corrected chi connectivity index (χ2v) is 6.03. The molecule has 1 heterocycles. The summed E-state index contributed by atoms with van der Waals surface area (Å²) in [7, 11) is 0. The predicted molar refractivity (Wildman–Crippen MR) is 90.5 cm³/mol. The number of hydrogen-bond donors (Lipinski definition) is 1. The van der Waals surface area contributed by atoms with Crippen LogP contribution in [0.1, 0.15) is 63.6 Å². The van der Waals surface area contributed by atoms with Crippen molar-refractivity contribution in [3.8, 4) is 11.3 Å². The van der Waals surface area contributed by atoms with Gasteiger partial charge >= 0.3 is 0 Å². The van der Waals surface area contributed by atoms with E-state index >= 15 is 0 Å². The van der Waals surface area contributed by atoms with Crippen molar-refractivity contribution in [2.75, 3.05) is 0 Å². The minimum Gasteiger partial charge on any atom is -0.282 e. The summed E-state index contributed by atoms with van der Waals surface area (Å²) in [6, 6.07) is 10.8. The summed E-state index contributed by atoms with van der Waals surface area (Å²) < 4.78 is 0. The van der Waals surface area contributed by atoms with Crippen molar-refractivity contribution in [3.05, 3.63) is 41.6 Å². The zero-order chi connectivity index (χ0) is 15.2. The maximum Gasteiger partial charge on any atom is 0.0923 e. The number of nitrogens with one attached hydrogen (secondary N) is 1. The predicted octanol–water partition coefficient (Wildman–Crippen LogP) is 5.71. The highest BCUT2D eigenvalue weighted by Crippen LogP contribution is 2.35. The fourth-order valence-electron chi connectivity index (χ4n) is 3.07. The summed E-state index contributed by atoms with van der Waals surface area (Å²) in [5.41, 5.74) is 4.90. The van der Waals surface area contributed by atoms with E-state index in [0.717, 1.165) is 11.6 Å². The minimum atomic E-state index is 0.683. The lowest BCUT2D eigenvalue weighted by Crippen LogP contribution is -2.10. The molecule has 0 spiro atoms. The van der Waals surface area contributed by atoms with Crippen molar-refractivity contribution in [2.45, 2.75) is 59.3 Å². The first-order valence-electron chi connectivity index (χ1n) is 8.34. The fraction of sp³-hybridized carbons (Fsp3) is 0.526. The van der Waals surface area contributed by atoms with E-state index in [1.807, 2.05) is 13.8 Å². The topological polar surface area (TPSA) is 28.7 Å². The Morgan fingerprint density at radius 3 is 2.43 bits per heavy atom. The summed E-state index contributed by atoms with van der Waals surface area (Å²) in [5.74, 6) is 1.58. The minimum absolute atomic E-state index is 0.683. The Hall–Kier alpha value is -1.57. The smallest absolute Gasteiger partial charge is 0.0923 e. The van der Waals surface area contributed by atoms with E-state index in [1.54, 1.807) is 0 Å². The molecule has 1 saturated carbocycles. The van der Waals surface area contributed by atoms with E-state index in [-0.39, 0.29) is 0 Å². The molecule has 1 aliphatic carbocycles. The molecule has 2 nitrogen and oxygen atoms in total. The highest BCUT2D eigenvalue weighted by molar-refractivity contribution is 5.60. The Labute approximate surface area is 129 Å². The van der Waals surface area contributed by atoms with Gasteiger partial charge in [0.05, 0.1) is 5.69 Å². The fourth-order valence-corrected chi connectivity index (χ4v) is 3.07. The normalized spacial score (nSPS) is 21.5. The van der Waals surface area contributed by atoms with Gasteiger partial charge in [-0.2, -0.15) is 5.10 Å². The number of aromatic amines is 1. The Morgan fingerprint density at radius 1 is 1.05 bits per heavy atom. The molecule has 0 bridgehead atoms. The molecule has 2 aromatic rings. The van der Waals surface area contributed by atoms with E-state index < -0.39 is 0 Å². The van der Waals surface area contributed by atoms with Crippen LogP contribution in [0.25, 0.3) is 11.3 Å². The number of H-pyrrole nitrogens is 1. The molecule has 0 atom stereocenters. The summed E-state index contributed by atoms with van der Waals surface area (Å²) in [5, 5.41) is 7.76. The van der Waals surface area contributed by atoms with Crippen LogP contribution in [0.2, 0.25) is 0 Å². The molecular weight excluding hydrogens is 256 g/mol. The third-order valence-corrected chi connectivity index (χ3v) is 4.37. The van der Waals surface area contributed by atoms with Gasteiger partial charge in [0.25, 0.3) is 0 Å². The number of nitrogens with zero attached hydrogens (tertiary/aromatic N) is 1. The average molecular weight is 284 g/mol. The number of aromatic nitrogens is 2. The van der Waals surface area contributed by atoms with Gasteiger partial charge < -0.3 is 0 Å². The molecule has 0 unspecified atom stereocenters. The first-order valence-corrected chi connectivity index (χ1v) is 8.34.